The zero-order valence-electron chi connectivity index (χ0n) is 19.1. The highest BCUT2D eigenvalue weighted by Gasteiger charge is 2.23. The maximum Gasteiger partial charge on any atom is 0.236 e. The lowest BCUT2D eigenvalue weighted by Gasteiger charge is -2.36. The van der Waals surface area contributed by atoms with Gasteiger partial charge in [-0.3, -0.25) is 4.79 Å². The summed E-state index contributed by atoms with van der Waals surface area (Å²) in [4.78, 5) is 25.3. The molecule has 0 atom stereocenters. The lowest BCUT2D eigenvalue weighted by Crippen LogP contribution is -2.48. The Morgan fingerprint density at radius 3 is 2.68 bits per heavy atom. The third-order valence-electron chi connectivity index (χ3n) is 6.83. The molecule has 0 bridgehead atoms. The third-order valence-corrected chi connectivity index (χ3v) is 6.83. The highest BCUT2D eigenvalue weighted by Crippen LogP contribution is 2.30. The van der Waals surface area contributed by atoms with Crippen LogP contribution in [0, 0.1) is 11.3 Å². The lowest BCUT2D eigenvalue weighted by atomic mass is 9.93. The van der Waals surface area contributed by atoms with Crippen LogP contribution >= 0.6 is 0 Å². The number of amides is 1. The second-order valence-corrected chi connectivity index (χ2v) is 8.99. The van der Waals surface area contributed by atoms with E-state index in [2.05, 4.69) is 44.0 Å². The van der Waals surface area contributed by atoms with Crippen molar-refractivity contribution >= 4 is 28.4 Å². The molecule has 1 amide bonds. The molecule has 0 unspecified atom stereocenters. The lowest BCUT2D eigenvalue weighted by molar-refractivity contribution is -0.130. The van der Waals surface area contributed by atoms with Gasteiger partial charge in [-0.25, -0.2) is 4.98 Å². The summed E-state index contributed by atoms with van der Waals surface area (Å²) in [6.07, 6.45) is 7.01. The molecule has 0 radical (unpaired) electrons. The number of benzene rings is 1. The van der Waals surface area contributed by atoms with Crippen LogP contribution in [0.4, 0.5) is 11.6 Å². The maximum absolute atomic E-state index is 12.0. The number of aliphatic hydroxyl groups excluding tert-OH is 1. The topological polar surface area (TPSA) is 110 Å². The molecule has 5 rings (SSSR count). The van der Waals surface area contributed by atoms with Gasteiger partial charge in [0.25, 0.3) is 0 Å². The van der Waals surface area contributed by atoms with E-state index >= 15 is 0 Å². The van der Waals surface area contributed by atoms with Crippen molar-refractivity contribution in [1.82, 2.24) is 19.4 Å². The Kier molecular flexibility index (Phi) is 6.32. The quantitative estimate of drug-likeness (QED) is 0.604. The zero-order valence-corrected chi connectivity index (χ0v) is 19.1. The second kappa shape index (κ2) is 9.69. The van der Waals surface area contributed by atoms with Gasteiger partial charge in [0.1, 0.15) is 12.2 Å². The Balaban J connectivity index is 1.34. The van der Waals surface area contributed by atoms with Gasteiger partial charge in [0.15, 0.2) is 0 Å². The molecule has 2 aliphatic rings. The Morgan fingerprint density at radius 2 is 1.91 bits per heavy atom. The van der Waals surface area contributed by atoms with Gasteiger partial charge in [-0.1, -0.05) is 6.07 Å². The number of nitrogens with one attached hydrogen (secondary N) is 1. The van der Waals surface area contributed by atoms with Crippen molar-refractivity contribution in [3.8, 4) is 11.9 Å². The summed E-state index contributed by atoms with van der Waals surface area (Å²) in [7, 11) is 0. The van der Waals surface area contributed by atoms with E-state index in [1.165, 1.54) is 0 Å². The van der Waals surface area contributed by atoms with E-state index in [4.69, 9.17) is 10.2 Å². The fourth-order valence-corrected chi connectivity index (χ4v) is 4.96. The summed E-state index contributed by atoms with van der Waals surface area (Å²) >= 11 is 0. The van der Waals surface area contributed by atoms with Crippen LogP contribution in [-0.2, 0) is 4.79 Å². The fourth-order valence-electron chi connectivity index (χ4n) is 4.96. The average Bonchev–Trinajstić information content (AvgIpc) is 3.30. The minimum Gasteiger partial charge on any atom is -0.393 e. The van der Waals surface area contributed by atoms with Crippen molar-refractivity contribution in [2.24, 2.45) is 0 Å². The fraction of sp³-hybridized carbons (Fsp3) is 0.440. The molecule has 9 heteroatoms. The first kappa shape index (κ1) is 22.2. The van der Waals surface area contributed by atoms with Crippen LogP contribution in [0.15, 0.2) is 42.7 Å². The molecule has 34 heavy (non-hydrogen) atoms. The smallest absolute Gasteiger partial charge is 0.236 e. The summed E-state index contributed by atoms with van der Waals surface area (Å²) in [6, 6.07) is 12.5. The van der Waals surface area contributed by atoms with Crippen LogP contribution in [0.3, 0.4) is 0 Å². The van der Waals surface area contributed by atoms with E-state index in [0.717, 1.165) is 61.2 Å². The van der Waals surface area contributed by atoms with Crippen LogP contribution in [0.25, 0.3) is 16.7 Å². The summed E-state index contributed by atoms with van der Waals surface area (Å²) in [5.41, 5.74) is 2.20. The normalized spacial score (nSPS) is 20.8. The third kappa shape index (κ3) is 4.54. The van der Waals surface area contributed by atoms with E-state index in [0.29, 0.717) is 19.0 Å². The predicted molar refractivity (Wildman–Crippen MR) is 130 cm³/mol. The molecule has 176 valence electrons. The minimum atomic E-state index is -0.188. The number of fused-ring (bicyclic) bond motifs is 1. The van der Waals surface area contributed by atoms with E-state index in [1.54, 1.807) is 11.1 Å². The number of carbonyl (C=O) groups excluding carboxylic acids is 1. The average molecular weight is 460 g/mol. The highest BCUT2D eigenvalue weighted by atomic mass is 16.3. The molecule has 1 saturated carbocycles. The van der Waals surface area contributed by atoms with Crippen molar-refractivity contribution in [1.29, 1.82) is 5.26 Å². The zero-order chi connectivity index (χ0) is 23.5. The first-order valence-electron chi connectivity index (χ1n) is 11.9. The number of aliphatic hydroxyl groups is 1. The summed E-state index contributed by atoms with van der Waals surface area (Å²) in [6.45, 7) is 2.71. The predicted octanol–water partition coefficient (Wildman–Crippen LogP) is 2.70. The molecule has 3 heterocycles. The second-order valence-electron chi connectivity index (χ2n) is 8.99. The Morgan fingerprint density at radius 1 is 1.12 bits per heavy atom. The number of carbonyl (C=O) groups is 1. The van der Waals surface area contributed by atoms with E-state index in [9.17, 15) is 9.90 Å². The Labute approximate surface area is 198 Å². The van der Waals surface area contributed by atoms with Crippen molar-refractivity contribution in [2.45, 2.75) is 44.2 Å². The molecule has 9 nitrogen and oxygen atoms in total. The molecule has 2 aromatic heterocycles. The number of nitrogens with zero attached hydrogens (tertiary/aromatic N) is 6. The minimum absolute atomic E-state index is 0.0586. The summed E-state index contributed by atoms with van der Waals surface area (Å²) < 4.78 is 2.07. The van der Waals surface area contributed by atoms with Gasteiger partial charge < -0.3 is 24.8 Å². The standard InChI is InChI=1S/C25H29N7O2/c26-11-8-24(34)31-16-14-30(15-17-31)21-2-1-3-22-20(21)10-13-32(22)23-9-12-27-25(29-23)28-18-4-6-19(33)7-5-18/h1-3,9-10,12-13,18-19,33H,4-8,14-17H2,(H,27,28,29)/t18-,19+. The van der Waals surface area contributed by atoms with E-state index < -0.39 is 0 Å². The molecule has 1 aliphatic carbocycles. The number of piperazine rings is 1. The van der Waals surface area contributed by atoms with Gasteiger partial charge in [0.05, 0.1) is 17.7 Å². The number of rotatable bonds is 5. The molecule has 1 aromatic carbocycles. The maximum atomic E-state index is 12.0. The molecule has 2 N–H and O–H groups in total. The number of hydrogen-bond acceptors (Lipinski definition) is 7. The van der Waals surface area contributed by atoms with Crippen molar-refractivity contribution in [2.75, 3.05) is 36.4 Å². The van der Waals surface area contributed by atoms with Crippen LogP contribution in [0.1, 0.15) is 32.1 Å². The molecule has 2 fully saturated rings. The Bertz CT molecular complexity index is 1200. The number of aromatic nitrogens is 3. The largest absolute Gasteiger partial charge is 0.393 e. The molecule has 3 aromatic rings. The first-order valence-corrected chi connectivity index (χ1v) is 11.9. The molecule has 1 saturated heterocycles. The highest BCUT2D eigenvalue weighted by molar-refractivity contribution is 5.94. The summed E-state index contributed by atoms with van der Waals surface area (Å²) in [5.74, 6) is 1.31. The molecular formula is C25H29N7O2. The molecule has 1 aliphatic heterocycles. The van der Waals surface area contributed by atoms with Crippen LogP contribution in [-0.4, -0.2) is 68.8 Å². The molecular weight excluding hydrogens is 430 g/mol. The summed E-state index contributed by atoms with van der Waals surface area (Å²) in [5, 5.41) is 23.1. The van der Waals surface area contributed by atoms with Gasteiger partial charge in [0.2, 0.25) is 11.9 Å². The molecule has 0 spiro atoms. The van der Waals surface area contributed by atoms with Gasteiger partial charge in [-0.05, 0) is 49.9 Å². The van der Waals surface area contributed by atoms with Crippen molar-refractivity contribution in [3.05, 3.63) is 42.7 Å². The van der Waals surface area contributed by atoms with Crippen LogP contribution < -0.4 is 10.2 Å². The van der Waals surface area contributed by atoms with Crippen molar-refractivity contribution in [3.63, 3.8) is 0 Å². The number of hydrogen-bond donors (Lipinski definition) is 2. The monoisotopic (exact) mass is 459 g/mol. The van der Waals surface area contributed by atoms with Crippen LogP contribution in [0.2, 0.25) is 0 Å². The van der Waals surface area contributed by atoms with E-state index in [1.807, 2.05) is 18.3 Å². The van der Waals surface area contributed by atoms with Gasteiger partial charge in [-0.2, -0.15) is 10.2 Å². The van der Waals surface area contributed by atoms with Gasteiger partial charge in [0, 0.05) is 55.7 Å². The number of anilines is 2. The first-order chi connectivity index (χ1) is 16.6. The SMILES string of the molecule is N#CCC(=O)N1CCN(c2cccc3c2ccn3-c2ccnc(N[C@H]3CC[C@@H](O)CC3)n2)CC1. The Hall–Kier alpha value is -3.64. The van der Waals surface area contributed by atoms with Crippen molar-refractivity contribution < 1.29 is 9.90 Å². The van der Waals surface area contributed by atoms with Crippen LogP contribution in [0.5, 0.6) is 0 Å². The van der Waals surface area contributed by atoms with Gasteiger partial charge in [-0.15, -0.1) is 0 Å². The van der Waals surface area contributed by atoms with E-state index in [-0.39, 0.29) is 24.5 Å². The van der Waals surface area contributed by atoms with Gasteiger partial charge >= 0.3 is 0 Å². The number of nitriles is 1.